The topological polar surface area (TPSA) is 72.3 Å². The van der Waals surface area contributed by atoms with Gasteiger partial charge in [-0.05, 0) is 37.4 Å². The quantitative estimate of drug-likeness (QED) is 0.746. The van der Waals surface area contributed by atoms with Crippen molar-refractivity contribution < 1.29 is 13.9 Å². The zero-order valence-corrected chi connectivity index (χ0v) is 14.1. The summed E-state index contributed by atoms with van der Waals surface area (Å²) in [4.78, 5) is 15.6. The molecule has 7 nitrogen and oxygen atoms in total. The molecule has 2 rings (SSSR count). The molecule has 24 heavy (non-hydrogen) atoms. The number of esters is 1. The van der Waals surface area contributed by atoms with Crippen LogP contribution in [-0.2, 0) is 11.3 Å². The molecular weight excluding hydrogens is 313 g/mol. The normalized spacial score (nSPS) is 10.9. The number of benzene rings is 1. The highest BCUT2D eigenvalue weighted by Gasteiger charge is 2.19. The monoisotopic (exact) mass is 335 g/mol. The molecule has 0 aliphatic rings. The number of methoxy groups -OCH3 is 1. The number of hydrogen-bond acceptors (Lipinski definition) is 6. The van der Waals surface area contributed by atoms with Gasteiger partial charge in [0.15, 0.2) is 5.82 Å². The maximum Gasteiger partial charge on any atom is 0.362 e. The first-order valence-electron chi connectivity index (χ1n) is 7.85. The lowest BCUT2D eigenvalue weighted by Gasteiger charge is -2.16. The molecule has 0 amide bonds. The summed E-state index contributed by atoms with van der Waals surface area (Å²) < 4.78 is 17.7. The number of hydrogen-bond donors (Lipinski definition) is 1. The van der Waals surface area contributed by atoms with Crippen molar-refractivity contribution in [3.05, 3.63) is 35.8 Å². The van der Waals surface area contributed by atoms with Gasteiger partial charge in [0.25, 0.3) is 0 Å². The number of nitrogens with zero attached hydrogens (tertiary/aromatic N) is 4. The van der Waals surface area contributed by atoms with Crippen molar-refractivity contribution in [2.75, 3.05) is 32.1 Å². The third-order valence-electron chi connectivity index (χ3n) is 3.65. The van der Waals surface area contributed by atoms with Crippen LogP contribution in [0.15, 0.2) is 24.3 Å². The molecule has 1 aromatic heterocycles. The van der Waals surface area contributed by atoms with Gasteiger partial charge in [-0.1, -0.05) is 13.8 Å². The molecule has 8 heteroatoms. The highest BCUT2D eigenvalue weighted by molar-refractivity contribution is 5.93. The van der Waals surface area contributed by atoms with Gasteiger partial charge in [0.2, 0.25) is 5.69 Å². The molecule has 0 aliphatic heterocycles. The molecule has 0 unspecified atom stereocenters. The van der Waals surface area contributed by atoms with Gasteiger partial charge in [-0.15, -0.1) is 10.2 Å². The average Bonchev–Trinajstić information content (AvgIpc) is 3.00. The summed E-state index contributed by atoms with van der Waals surface area (Å²) in [6, 6.07) is 5.77. The van der Waals surface area contributed by atoms with Crippen LogP contribution < -0.4 is 5.32 Å². The number of anilines is 2. The summed E-state index contributed by atoms with van der Waals surface area (Å²) >= 11 is 0. The van der Waals surface area contributed by atoms with E-state index in [4.69, 9.17) is 4.74 Å². The van der Waals surface area contributed by atoms with Crippen molar-refractivity contribution in [2.24, 2.45) is 0 Å². The van der Waals surface area contributed by atoms with Crippen LogP contribution >= 0.6 is 0 Å². The van der Waals surface area contributed by atoms with Gasteiger partial charge >= 0.3 is 5.97 Å². The molecule has 0 saturated heterocycles. The largest absolute Gasteiger partial charge is 0.464 e. The molecule has 130 valence electrons. The Labute approximate surface area is 140 Å². The van der Waals surface area contributed by atoms with Crippen LogP contribution in [0, 0.1) is 5.82 Å². The second-order valence-corrected chi connectivity index (χ2v) is 5.14. The highest BCUT2D eigenvalue weighted by atomic mass is 19.1. The molecule has 0 atom stereocenters. The molecule has 2 aromatic rings. The maximum absolute atomic E-state index is 13.0. The fourth-order valence-electron chi connectivity index (χ4n) is 2.21. The van der Waals surface area contributed by atoms with Gasteiger partial charge in [0.1, 0.15) is 5.82 Å². The van der Waals surface area contributed by atoms with E-state index in [0.29, 0.717) is 12.2 Å². The molecule has 0 radical (unpaired) electrons. The van der Waals surface area contributed by atoms with Crippen molar-refractivity contribution in [3.8, 4) is 0 Å². The predicted molar refractivity (Wildman–Crippen MR) is 88.8 cm³/mol. The smallest absolute Gasteiger partial charge is 0.362 e. The third kappa shape index (κ3) is 4.51. The van der Waals surface area contributed by atoms with Gasteiger partial charge in [-0.3, -0.25) is 0 Å². The number of likely N-dealkylation sites (N-methyl/N-ethyl adjacent to an activating group) is 1. The standard InChI is InChI=1S/C16H22FN5O2/c1-4-21(5-2)10-11-22-19-14(16(23)24-3)15(20-22)18-13-8-6-12(17)7-9-13/h6-9H,4-5,10-11H2,1-3H3,(H,18,20). The van der Waals surface area contributed by atoms with Crippen LogP contribution in [0.3, 0.4) is 0 Å². The SMILES string of the molecule is CCN(CC)CCn1nc(Nc2ccc(F)cc2)c(C(=O)OC)n1. The molecule has 1 aromatic carbocycles. The zero-order valence-electron chi connectivity index (χ0n) is 14.1. The van der Waals surface area contributed by atoms with Gasteiger partial charge in [0, 0.05) is 12.2 Å². The lowest BCUT2D eigenvalue weighted by atomic mass is 10.3. The van der Waals surface area contributed by atoms with Gasteiger partial charge < -0.3 is 15.0 Å². The van der Waals surface area contributed by atoms with Crippen LogP contribution in [-0.4, -0.2) is 52.6 Å². The van der Waals surface area contributed by atoms with E-state index in [0.717, 1.165) is 19.6 Å². The molecule has 1 heterocycles. The van der Waals surface area contributed by atoms with Crippen LogP contribution in [0.1, 0.15) is 24.3 Å². The van der Waals surface area contributed by atoms with E-state index in [1.807, 2.05) is 0 Å². The van der Waals surface area contributed by atoms with Crippen LogP contribution in [0.4, 0.5) is 15.9 Å². The summed E-state index contributed by atoms with van der Waals surface area (Å²) in [5.41, 5.74) is 0.707. The fourth-order valence-corrected chi connectivity index (χ4v) is 2.21. The molecule has 1 N–H and O–H groups in total. The van der Waals surface area contributed by atoms with E-state index in [9.17, 15) is 9.18 Å². The number of rotatable bonds is 8. The maximum atomic E-state index is 13.0. The van der Waals surface area contributed by atoms with Gasteiger partial charge in [0.05, 0.1) is 13.7 Å². The minimum absolute atomic E-state index is 0.0985. The number of aromatic nitrogens is 3. The van der Waals surface area contributed by atoms with Crippen molar-refractivity contribution in [3.63, 3.8) is 0 Å². The van der Waals surface area contributed by atoms with Crippen molar-refractivity contribution in [2.45, 2.75) is 20.4 Å². The Hall–Kier alpha value is -2.48. The van der Waals surface area contributed by atoms with Crippen LogP contribution in [0.5, 0.6) is 0 Å². The summed E-state index contributed by atoms with van der Waals surface area (Å²) in [6.07, 6.45) is 0. The second-order valence-electron chi connectivity index (χ2n) is 5.14. The molecule has 0 spiro atoms. The highest BCUT2D eigenvalue weighted by Crippen LogP contribution is 2.18. The Bertz CT molecular complexity index is 668. The van der Waals surface area contributed by atoms with E-state index < -0.39 is 5.97 Å². The van der Waals surface area contributed by atoms with E-state index in [1.165, 1.54) is 24.0 Å². The Morgan fingerprint density at radius 2 is 1.92 bits per heavy atom. The first kappa shape index (κ1) is 17.9. The average molecular weight is 335 g/mol. The number of carbonyl (C=O) groups excluding carboxylic acids is 1. The summed E-state index contributed by atoms with van der Waals surface area (Å²) in [5, 5.41) is 11.5. The second kappa shape index (κ2) is 8.39. The Morgan fingerprint density at radius 3 is 2.50 bits per heavy atom. The van der Waals surface area contributed by atoms with E-state index in [-0.39, 0.29) is 17.3 Å². The number of halogens is 1. The first-order chi connectivity index (χ1) is 11.6. The first-order valence-corrected chi connectivity index (χ1v) is 7.85. The van der Waals surface area contributed by atoms with E-state index in [2.05, 4.69) is 34.3 Å². The number of carbonyl (C=O) groups is 1. The Morgan fingerprint density at radius 1 is 1.25 bits per heavy atom. The fraction of sp³-hybridized carbons (Fsp3) is 0.438. The van der Waals surface area contributed by atoms with Gasteiger partial charge in [-0.2, -0.15) is 4.80 Å². The lowest BCUT2D eigenvalue weighted by molar-refractivity contribution is 0.0594. The van der Waals surface area contributed by atoms with Crippen molar-refractivity contribution in [1.82, 2.24) is 19.9 Å². The van der Waals surface area contributed by atoms with Crippen molar-refractivity contribution in [1.29, 1.82) is 0 Å². The van der Waals surface area contributed by atoms with Crippen LogP contribution in [0.25, 0.3) is 0 Å². The zero-order chi connectivity index (χ0) is 17.5. The summed E-state index contributed by atoms with van der Waals surface area (Å²) in [6.45, 7) is 7.36. The molecular formula is C16H22FN5O2. The number of ether oxygens (including phenoxy) is 1. The van der Waals surface area contributed by atoms with Crippen molar-refractivity contribution >= 4 is 17.5 Å². The summed E-state index contributed by atoms with van der Waals surface area (Å²) in [5.74, 6) is -0.627. The molecule has 0 bridgehead atoms. The minimum Gasteiger partial charge on any atom is -0.464 e. The van der Waals surface area contributed by atoms with E-state index >= 15 is 0 Å². The van der Waals surface area contributed by atoms with E-state index in [1.54, 1.807) is 12.1 Å². The summed E-state index contributed by atoms with van der Waals surface area (Å²) in [7, 11) is 1.29. The molecule has 0 fully saturated rings. The van der Waals surface area contributed by atoms with Gasteiger partial charge in [-0.25, -0.2) is 9.18 Å². The molecule has 0 saturated carbocycles. The molecule has 0 aliphatic carbocycles. The third-order valence-corrected chi connectivity index (χ3v) is 3.65. The minimum atomic E-state index is -0.575. The predicted octanol–water partition coefficient (Wildman–Crippen LogP) is 2.29. The Balaban J connectivity index is 2.18. The number of nitrogens with one attached hydrogen (secondary N) is 1. The van der Waals surface area contributed by atoms with Crippen LogP contribution in [0.2, 0.25) is 0 Å². The lowest BCUT2D eigenvalue weighted by Crippen LogP contribution is -2.27. The Kier molecular flexibility index (Phi) is 6.25.